The molecule has 0 radical (unpaired) electrons. The molecule has 8 unspecified atom stereocenters. The molecule has 1 aliphatic carbocycles. The Morgan fingerprint density at radius 2 is 0.919 bits per heavy atom. The zero-order chi connectivity index (χ0) is 45.9. The van der Waals surface area contributed by atoms with Crippen LogP contribution in [0.25, 0.3) is 0 Å². The maximum Gasteiger partial charge on any atom is 0.472 e. The Labute approximate surface area is 376 Å². The van der Waals surface area contributed by atoms with E-state index >= 15 is 0 Å². The van der Waals surface area contributed by atoms with Crippen molar-refractivity contribution in [3.63, 3.8) is 0 Å². The largest absolute Gasteiger partial charge is 0.472 e. The van der Waals surface area contributed by atoms with E-state index in [1.165, 1.54) is 154 Å². The fourth-order valence-electron chi connectivity index (χ4n) is 8.24. The molecular formula is C48H94NO12P. The Hall–Kier alpha value is -0.960. The number of unbranched alkanes of at least 4 members (excludes halogenated alkanes) is 29. The quantitative estimate of drug-likeness (QED) is 0.0159. The molecule has 9 N–H and O–H groups in total. The number of carbonyl (C=O) groups excluding carboxylic acids is 1. The number of rotatable bonds is 42. The summed E-state index contributed by atoms with van der Waals surface area (Å²) < 4.78 is 22.9. The van der Waals surface area contributed by atoms with E-state index < -0.39 is 75.2 Å². The van der Waals surface area contributed by atoms with Crippen LogP contribution in [-0.4, -0.2) is 108 Å². The number of hydrogen-bond donors (Lipinski definition) is 9. The van der Waals surface area contributed by atoms with E-state index in [-0.39, 0.29) is 6.42 Å². The van der Waals surface area contributed by atoms with Crippen LogP contribution in [0.1, 0.15) is 226 Å². The monoisotopic (exact) mass is 908 g/mol. The lowest BCUT2D eigenvalue weighted by atomic mass is 9.85. The predicted molar refractivity (Wildman–Crippen MR) is 247 cm³/mol. The summed E-state index contributed by atoms with van der Waals surface area (Å²) in [7, 11) is -5.14. The number of phosphoric ester groups is 1. The van der Waals surface area contributed by atoms with Gasteiger partial charge in [-0.1, -0.05) is 212 Å². The van der Waals surface area contributed by atoms with Crippen molar-refractivity contribution in [2.75, 3.05) is 6.61 Å². The smallest absolute Gasteiger partial charge is 0.393 e. The number of carbonyl (C=O) groups is 1. The van der Waals surface area contributed by atoms with Gasteiger partial charge in [0.05, 0.1) is 31.3 Å². The van der Waals surface area contributed by atoms with E-state index in [9.17, 15) is 50.0 Å². The molecule has 0 bridgehead atoms. The van der Waals surface area contributed by atoms with E-state index in [1.807, 2.05) is 0 Å². The lowest BCUT2D eigenvalue weighted by molar-refractivity contribution is -0.220. The second-order valence-corrected chi connectivity index (χ2v) is 19.6. The molecule has 0 aromatic carbocycles. The Morgan fingerprint density at radius 1 is 0.565 bits per heavy atom. The van der Waals surface area contributed by atoms with Crippen molar-refractivity contribution in [3.05, 3.63) is 12.2 Å². The molecule has 0 spiro atoms. The van der Waals surface area contributed by atoms with Crippen LogP contribution >= 0.6 is 7.82 Å². The van der Waals surface area contributed by atoms with Crippen LogP contribution in [0, 0.1) is 0 Å². The molecular weight excluding hydrogens is 813 g/mol. The molecule has 1 fully saturated rings. The minimum atomic E-state index is -5.14. The average molecular weight is 908 g/mol. The molecule has 0 aromatic heterocycles. The Morgan fingerprint density at radius 3 is 1.32 bits per heavy atom. The topological polar surface area (TPSA) is 226 Å². The SMILES string of the molecule is CCCCCCCCCCCCCC/C=C/C(O)C(COP(=O)(O)OC1C(O)C(O)C(O)C(O)C1O)NC(=O)CC(O)CCCCCCCCCCCCCCCCCCCC. The van der Waals surface area contributed by atoms with Gasteiger partial charge in [-0.2, -0.15) is 0 Å². The highest BCUT2D eigenvalue weighted by molar-refractivity contribution is 7.47. The molecule has 13 nitrogen and oxygen atoms in total. The molecule has 62 heavy (non-hydrogen) atoms. The second-order valence-electron chi connectivity index (χ2n) is 18.2. The van der Waals surface area contributed by atoms with Gasteiger partial charge in [-0.25, -0.2) is 4.57 Å². The standard InChI is InChI=1S/C48H94NO12P/c1-3-5-7-9-11-13-15-17-19-20-21-22-23-25-27-29-31-33-35-39(50)37-42(52)49-40(38-60-62(58,59)61-48-46(56)44(54)43(53)45(55)47(48)57)41(51)36-34-32-30-28-26-24-18-16-14-12-10-8-6-4-2/h34,36,39-41,43-48,50-51,53-57H,3-33,35,37-38H2,1-2H3,(H,49,52)(H,58,59)/b36-34+. The van der Waals surface area contributed by atoms with E-state index in [0.29, 0.717) is 12.8 Å². The summed E-state index contributed by atoms with van der Waals surface area (Å²) >= 11 is 0. The van der Waals surface area contributed by atoms with Gasteiger partial charge in [0, 0.05) is 0 Å². The number of phosphoric acid groups is 1. The lowest BCUT2D eigenvalue weighted by Crippen LogP contribution is -2.64. The zero-order valence-electron chi connectivity index (χ0n) is 39.1. The van der Waals surface area contributed by atoms with Crippen LogP contribution in [0.4, 0.5) is 0 Å². The summed E-state index contributed by atoms with van der Waals surface area (Å²) in [6, 6.07) is -1.23. The second kappa shape index (κ2) is 38.2. The van der Waals surface area contributed by atoms with Crippen molar-refractivity contribution in [3.8, 4) is 0 Å². The summed E-state index contributed by atoms with van der Waals surface area (Å²) in [6.07, 6.45) is 27.2. The highest BCUT2D eigenvalue weighted by Crippen LogP contribution is 2.47. The number of allylic oxidation sites excluding steroid dienone is 1. The van der Waals surface area contributed by atoms with Gasteiger partial charge in [-0.05, 0) is 19.3 Å². The van der Waals surface area contributed by atoms with E-state index in [2.05, 4.69) is 19.2 Å². The third-order valence-electron chi connectivity index (χ3n) is 12.4. The van der Waals surface area contributed by atoms with E-state index in [4.69, 9.17) is 9.05 Å². The van der Waals surface area contributed by atoms with Gasteiger partial charge in [0.1, 0.15) is 36.6 Å². The molecule has 0 saturated heterocycles. The summed E-state index contributed by atoms with van der Waals surface area (Å²) in [6.45, 7) is 3.76. The third kappa shape index (κ3) is 29.5. The summed E-state index contributed by atoms with van der Waals surface area (Å²) in [5, 5.41) is 74.6. The minimum absolute atomic E-state index is 0.239. The molecule has 8 atom stereocenters. The normalized spacial score (nSPS) is 23.1. The molecule has 0 aromatic rings. The van der Waals surface area contributed by atoms with Gasteiger partial charge in [0.15, 0.2) is 0 Å². The van der Waals surface area contributed by atoms with Crippen molar-refractivity contribution >= 4 is 13.7 Å². The van der Waals surface area contributed by atoms with Crippen LogP contribution in [0.5, 0.6) is 0 Å². The van der Waals surface area contributed by atoms with Crippen molar-refractivity contribution < 1.29 is 59.0 Å². The van der Waals surface area contributed by atoms with Gasteiger partial charge in [-0.3, -0.25) is 13.8 Å². The predicted octanol–water partition coefficient (Wildman–Crippen LogP) is 8.98. The van der Waals surface area contributed by atoms with Crippen LogP contribution in [0.15, 0.2) is 12.2 Å². The molecule has 1 saturated carbocycles. The summed E-state index contributed by atoms with van der Waals surface area (Å²) in [5.41, 5.74) is 0. The Kier molecular flexibility index (Phi) is 36.4. The first-order valence-electron chi connectivity index (χ1n) is 25.2. The number of aliphatic hydroxyl groups excluding tert-OH is 7. The van der Waals surface area contributed by atoms with Crippen LogP contribution in [-0.2, 0) is 18.4 Å². The minimum Gasteiger partial charge on any atom is -0.393 e. The molecule has 368 valence electrons. The summed E-state index contributed by atoms with van der Waals surface area (Å²) in [4.78, 5) is 23.5. The summed E-state index contributed by atoms with van der Waals surface area (Å²) in [5.74, 6) is -0.589. The number of amides is 1. The van der Waals surface area contributed by atoms with Crippen molar-refractivity contribution in [2.24, 2.45) is 0 Å². The highest BCUT2D eigenvalue weighted by Gasteiger charge is 2.51. The van der Waals surface area contributed by atoms with Crippen molar-refractivity contribution in [1.82, 2.24) is 5.32 Å². The maximum atomic E-state index is 13.0. The first-order valence-corrected chi connectivity index (χ1v) is 26.7. The fraction of sp³-hybridized carbons (Fsp3) is 0.938. The van der Waals surface area contributed by atoms with Gasteiger partial charge >= 0.3 is 7.82 Å². The van der Waals surface area contributed by atoms with Gasteiger partial charge in [0.25, 0.3) is 0 Å². The fourth-order valence-corrected chi connectivity index (χ4v) is 9.21. The van der Waals surface area contributed by atoms with E-state index in [0.717, 1.165) is 44.9 Å². The molecule has 14 heteroatoms. The van der Waals surface area contributed by atoms with Gasteiger partial charge in [-0.15, -0.1) is 0 Å². The molecule has 0 aliphatic heterocycles. The van der Waals surface area contributed by atoms with Crippen LogP contribution in [0.2, 0.25) is 0 Å². The van der Waals surface area contributed by atoms with Gasteiger partial charge < -0.3 is 46.0 Å². The van der Waals surface area contributed by atoms with E-state index in [1.54, 1.807) is 6.08 Å². The lowest BCUT2D eigenvalue weighted by Gasteiger charge is -2.41. The number of aliphatic hydroxyl groups is 7. The zero-order valence-corrected chi connectivity index (χ0v) is 39.9. The van der Waals surface area contributed by atoms with Crippen molar-refractivity contribution in [1.29, 1.82) is 0 Å². The maximum absolute atomic E-state index is 13.0. The average Bonchev–Trinajstić information content (AvgIpc) is 3.24. The molecule has 1 rings (SSSR count). The first-order chi connectivity index (χ1) is 29.8. The van der Waals surface area contributed by atoms with Crippen molar-refractivity contribution in [2.45, 2.75) is 281 Å². The highest BCUT2D eigenvalue weighted by atomic mass is 31.2. The van der Waals surface area contributed by atoms with Crippen LogP contribution < -0.4 is 5.32 Å². The Bertz CT molecular complexity index is 1120. The molecule has 1 amide bonds. The number of nitrogens with one attached hydrogen (secondary N) is 1. The molecule has 0 heterocycles. The van der Waals surface area contributed by atoms with Gasteiger partial charge in [0.2, 0.25) is 5.91 Å². The number of hydrogen-bond acceptors (Lipinski definition) is 11. The molecule has 1 aliphatic rings. The third-order valence-corrected chi connectivity index (χ3v) is 13.4. The first kappa shape index (κ1) is 59.1. The van der Waals surface area contributed by atoms with Crippen LogP contribution in [0.3, 0.4) is 0 Å². The Balaban J connectivity index is 2.48.